The number of ether oxygens (including phenoxy) is 2. The van der Waals surface area contributed by atoms with Crippen molar-refractivity contribution < 1.29 is 29.6 Å². The Bertz CT molecular complexity index is 1340. The molecule has 184 valence electrons. The van der Waals surface area contributed by atoms with E-state index in [-0.39, 0.29) is 23.1 Å². The number of carboxylic acid groups (broad SMARTS) is 1. The van der Waals surface area contributed by atoms with Crippen molar-refractivity contribution in [2.24, 2.45) is 5.10 Å². The van der Waals surface area contributed by atoms with Crippen molar-refractivity contribution >= 4 is 29.5 Å². The van der Waals surface area contributed by atoms with E-state index in [2.05, 4.69) is 0 Å². The molecule has 3 aromatic carbocycles. The predicted octanol–water partition coefficient (Wildman–Crippen LogP) is 5.17. The number of benzene rings is 3. The summed E-state index contributed by atoms with van der Waals surface area (Å²) in [5, 5.41) is 35.7. The Kier molecular flexibility index (Phi) is 7.25. The van der Waals surface area contributed by atoms with Crippen LogP contribution in [0.4, 0.5) is 5.69 Å². The van der Waals surface area contributed by atoms with Crippen molar-refractivity contribution in [3.05, 3.63) is 89.5 Å². The van der Waals surface area contributed by atoms with Gasteiger partial charge in [0.2, 0.25) is 0 Å². The van der Waals surface area contributed by atoms with Crippen LogP contribution < -0.4 is 14.5 Å². The number of phenols is 2. The topological polar surface area (TPSA) is 112 Å². The molecule has 0 saturated carbocycles. The van der Waals surface area contributed by atoms with Gasteiger partial charge in [0, 0.05) is 18.6 Å². The molecular weight excluding hydrogens is 460 g/mol. The van der Waals surface area contributed by atoms with Gasteiger partial charge in [0.25, 0.3) is 0 Å². The number of phenolic OH excluding ortho intramolecular Hbond substituents is 2. The molecule has 8 heteroatoms. The number of carboxylic acids is 1. The van der Waals surface area contributed by atoms with Crippen LogP contribution in [-0.4, -0.2) is 47.3 Å². The van der Waals surface area contributed by atoms with Crippen LogP contribution in [0.1, 0.15) is 27.9 Å². The van der Waals surface area contributed by atoms with E-state index in [0.717, 1.165) is 22.5 Å². The van der Waals surface area contributed by atoms with E-state index in [1.807, 2.05) is 35.4 Å². The summed E-state index contributed by atoms with van der Waals surface area (Å²) in [5.41, 5.74) is 3.26. The average Bonchev–Trinajstić information content (AvgIpc) is 3.28. The molecule has 1 heterocycles. The maximum absolute atomic E-state index is 11.3. The highest BCUT2D eigenvalue weighted by Gasteiger charge is 2.25. The number of aromatic hydroxyl groups is 2. The fourth-order valence-electron chi connectivity index (χ4n) is 3.87. The summed E-state index contributed by atoms with van der Waals surface area (Å²) in [6.45, 7) is 0. The third-order valence-electron chi connectivity index (χ3n) is 5.63. The van der Waals surface area contributed by atoms with E-state index in [9.17, 15) is 20.1 Å². The van der Waals surface area contributed by atoms with Crippen LogP contribution in [0.3, 0.4) is 0 Å². The Balaban J connectivity index is 1.63. The van der Waals surface area contributed by atoms with Gasteiger partial charge in [0.05, 0.1) is 37.2 Å². The molecule has 8 nitrogen and oxygen atoms in total. The normalized spacial score (nSPS) is 15.4. The van der Waals surface area contributed by atoms with Crippen molar-refractivity contribution in [1.29, 1.82) is 0 Å². The number of hydrogen-bond acceptors (Lipinski definition) is 7. The van der Waals surface area contributed by atoms with Gasteiger partial charge in [-0.2, -0.15) is 5.10 Å². The molecule has 0 aliphatic carbocycles. The number of nitrogens with zero attached hydrogens (tertiary/aromatic N) is 2. The van der Waals surface area contributed by atoms with Gasteiger partial charge in [-0.3, -0.25) is 5.01 Å². The number of aromatic carboxylic acids is 1. The van der Waals surface area contributed by atoms with E-state index >= 15 is 0 Å². The van der Waals surface area contributed by atoms with Crippen LogP contribution in [0.15, 0.2) is 77.9 Å². The van der Waals surface area contributed by atoms with Gasteiger partial charge in [-0.25, -0.2) is 4.79 Å². The molecule has 4 rings (SSSR count). The number of hydrogen-bond donors (Lipinski definition) is 3. The van der Waals surface area contributed by atoms with Crippen molar-refractivity contribution in [2.45, 2.75) is 12.5 Å². The van der Waals surface area contributed by atoms with Crippen LogP contribution in [0.5, 0.6) is 23.0 Å². The van der Waals surface area contributed by atoms with Gasteiger partial charge in [-0.1, -0.05) is 18.2 Å². The maximum atomic E-state index is 11.3. The summed E-state index contributed by atoms with van der Waals surface area (Å²) in [7, 11) is 3.08. The molecule has 0 aromatic heterocycles. The number of hydrazone groups is 1. The van der Waals surface area contributed by atoms with Crippen LogP contribution in [0.2, 0.25) is 0 Å². The summed E-state index contributed by atoms with van der Waals surface area (Å²) >= 11 is 0. The monoisotopic (exact) mass is 486 g/mol. The molecular formula is C28H26N2O6. The molecule has 0 saturated heterocycles. The molecule has 3 N–H and O–H groups in total. The Hall–Kier alpha value is -4.72. The van der Waals surface area contributed by atoms with Gasteiger partial charge < -0.3 is 24.8 Å². The smallest absolute Gasteiger partial charge is 0.335 e. The lowest BCUT2D eigenvalue weighted by molar-refractivity contribution is 0.0697. The molecule has 0 amide bonds. The quantitative estimate of drug-likeness (QED) is 0.402. The molecule has 1 aliphatic heterocycles. The summed E-state index contributed by atoms with van der Waals surface area (Å²) in [6, 6.07) is 16.3. The van der Waals surface area contributed by atoms with E-state index < -0.39 is 5.97 Å². The summed E-state index contributed by atoms with van der Waals surface area (Å²) in [4.78, 5) is 11.3. The first kappa shape index (κ1) is 24.4. The van der Waals surface area contributed by atoms with Crippen molar-refractivity contribution in [3.8, 4) is 23.0 Å². The van der Waals surface area contributed by atoms with Gasteiger partial charge in [0.1, 0.15) is 23.0 Å². The predicted molar refractivity (Wildman–Crippen MR) is 139 cm³/mol. The van der Waals surface area contributed by atoms with E-state index in [0.29, 0.717) is 17.9 Å². The molecule has 0 spiro atoms. The SMILES string of the molecule is COc1cc(O)cc(C=CC2=NN(c3ccc(C(=O)O)cc3)C(C=Cc3cc(O)cc(OC)c3)C2)c1. The average molecular weight is 487 g/mol. The lowest BCUT2D eigenvalue weighted by Crippen LogP contribution is -2.24. The number of carbonyl (C=O) groups is 1. The first-order chi connectivity index (χ1) is 17.3. The van der Waals surface area contributed by atoms with Crippen molar-refractivity contribution in [1.82, 2.24) is 0 Å². The lowest BCUT2D eigenvalue weighted by atomic mass is 10.1. The highest BCUT2D eigenvalue weighted by atomic mass is 16.5. The Morgan fingerprint density at radius 3 is 2.03 bits per heavy atom. The Labute approximate surface area is 208 Å². The number of anilines is 1. The molecule has 1 aliphatic rings. The number of allylic oxidation sites excluding steroid dienone is 1. The Morgan fingerprint density at radius 2 is 1.47 bits per heavy atom. The van der Waals surface area contributed by atoms with Crippen molar-refractivity contribution in [2.75, 3.05) is 19.2 Å². The largest absolute Gasteiger partial charge is 0.508 e. The minimum Gasteiger partial charge on any atom is -0.508 e. The third kappa shape index (κ3) is 5.85. The zero-order chi connectivity index (χ0) is 25.7. The molecule has 1 atom stereocenters. The first-order valence-corrected chi connectivity index (χ1v) is 11.2. The van der Waals surface area contributed by atoms with E-state index in [1.54, 1.807) is 42.5 Å². The fraction of sp³-hybridized carbons (Fsp3) is 0.143. The highest BCUT2D eigenvalue weighted by molar-refractivity contribution is 6.01. The third-order valence-corrected chi connectivity index (χ3v) is 5.63. The molecule has 36 heavy (non-hydrogen) atoms. The van der Waals surface area contributed by atoms with Crippen molar-refractivity contribution in [3.63, 3.8) is 0 Å². The molecule has 0 bridgehead atoms. The zero-order valence-electron chi connectivity index (χ0n) is 19.8. The first-order valence-electron chi connectivity index (χ1n) is 11.2. The number of rotatable bonds is 8. The maximum Gasteiger partial charge on any atom is 0.335 e. The zero-order valence-corrected chi connectivity index (χ0v) is 19.8. The summed E-state index contributed by atoms with van der Waals surface area (Å²) in [6.07, 6.45) is 8.16. The second-order valence-electron chi connectivity index (χ2n) is 8.18. The second kappa shape index (κ2) is 10.7. The van der Waals surface area contributed by atoms with Crippen LogP contribution in [-0.2, 0) is 0 Å². The van der Waals surface area contributed by atoms with E-state index in [4.69, 9.17) is 14.6 Å². The van der Waals surface area contributed by atoms with Crippen LogP contribution in [0.25, 0.3) is 12.2 Å². The van der Waals surface area contributed by atoms with Gasteiger partial charge in [0.15, 0.2) is 0 Å². The van der Waals surface area contributed by atoms with Gasteiger partial charge >= 0.3 is 5.97 Å². The van der Waals surface area contributed by atoms with Crippen LogP contribution >= 0.6 is 0 Å². The van der Waals surface area contributed by atoms with Gasteiger partial charge in [-0.15, -0.1) is 0 Å². The Morgan fingerprint density at radius 1 is 0.889 bits per heavy atom. The van der Waals surface area contributed by atoms with Crippen LogP contribution in [0, 0.1) is 0 Å². The molecule has 1 unspecified atom stereocenters. The molecule has 0 fully saturated rings. The highest BCUT2D eigenvalue weighted by Crippen LogP contribution is 2.29. The van der Waals surface area contributed by atoms with E-state index in [1.165, 1.54) is 26.4 Å². The summed E-state index contributed by atoms with van der Waals surface area (Å²) in [5.74, 6) is 0.299. The second-order valence-corrected chi connectivity index (χ2v) is 8.18. The molecule has 3 aromatic rings. The standard InChI is InChI=1S/C28H26N2O6/c1-35-26-13-18(11-24(31)16-26)3-7-21-15-23(8-4-19-12-25(32)17-27(14-19)36-2)30(29-21)22-9-5-20(6-10-22)28(33)34/h3-14,16-17,23,31-32H,15H2,1-2H3,(H,33,34). The minimum absolute atomic E-state index is 0.1000. The summed E-state index contributed by atoms with van der Waals surface area (Å²) < 4.78 is 10.4. The lowest BCUT2D eigenvalue weighted by Gasteiger charge is -2.21. The number of methoxy groups -OCH3 is 2. The minimum atomic E-state index is -0.995. The fourth-order valence-corrected chi connectivity index (χ4v) is 3.87. The molecule has 0 radical (unpaired) electrons. The van der Waals surface area contributed by atoms with Gasteiger partial charge in [-0.05, 0) is 65.7 Å².